The average Bonchev–Trinajstić information content (AvgIpc) is 2.55. The third kappa shape index (κ3) is 3.09. The van der Waals surface area contributed by atoms with E-state index in [1.54, 1.807) is 0 Å². The lowest BCUT2D eigenvalue weighted by Gasteiger charge is -2.30. The van der Waals surface area contributed by atoms with E-state index in [-0.39, 0.29) is 5.92 Å². The minimum atomic E-state index is -0.0348. The number of carbonyl (C=O) groups is 1. The summed E-state index contributed by atoms with van der Waals surface area (Å²) >= 11 is 0. The molecule has 2 nitrogen and oxygen atoms in total. The van der Waals surface area contributed by atoms with Gasteiger partial charge in [0.2, 0.25) is 0 Å². The van der Waals surface area contributed by atoms with Gasteiger partial charge in [0.15, 0.2) is 0 Å². The molecule has 0 radical (unpaired) electrons. The van der Waals surface area contributed by atoms with E-state index in [0.717, 1.165) is 12.1 Å². The van der Waals surface area contributed by atoms with Crippen LogP contribution < -0.4 is 5.32 Å². The Labute approximate surface area is 103 Å². The molecule has 1 fully saturated rings. The monoisotopic (exact) mass is 231 g/mol. The summed E-state index contributed by atoms with van der Waals surface area (Å²) in [6, 6.07) is 0.344. The van der Waals surface area contributed by atoms with Gasteiger partial charge in [0.1, 0.15) is 5.78 Å². The predicted molar refractivity (Wildman–Crippen MR) is 70.5 cm³/mol. The molecule has 1 aliphatic carbocycles. The van der Waals surface area contributed by atoms with Crippen LogP contribution in [0.5, 0.6) is 0 Å². The summed E-state index contributed by atoms with van der Waals surface area (Å²) in [5, 5.41) is 3.52. The van der Waals surface area contributed by atoms with Crippen LogP contribution in [0.15, 0.2) is 36.1 Å². The number of hydrogen-bond donors (Lipinski definition) is 1. The van der Waals surface area contributed by atoms with Gasteiger partial charge in [-0.3, -0.25) is 4.79 Å². The van der Waals surface area contributed by atoms with E-state index in [4.69, 9.17) is 0 Å². The number of allylic oxidation sites excluding steroid dienone is 5. The van der Waals surface area contributed by atoms with Crippen LogP contribution in [-0.2, 0) is 4.79 Å². The number of hydrogen-bond acceptors (Lipinski definition) is 2. The Hall–Kier alpha value is -1.31. The smallest absolute Gasteiger partial charge is 0.147 e. The van der Waals surface area contributed by atoms with E-state index >= 15 is 0 Å². The van der Waals surface area contributed by atoms with Crippen LogP contribution in [0.4, 0.5) is 0 Å². The van der Waals surface area contributed by atoms with Crippen molar-refractivity contribution in [2.75, 3.05) is 0 Å². The Morgan fingerprint density at radius 3 is 3.00 bits per heavy atom. The molecule has 1 heterocycles. The molecular weight excluding hydrogens is 210 g/mol. The van der Waals surface area contributed by atoms with E-state index in [1.807, 2.05) is 30.4 Å². The first-order valence-electron chi connectivity index (χ1n) is 6.65. The van der Waals surface area contributed by atoms with Crippen LogP contribution >= 0.6 is 0 Å². The van der Waals surface area contributed by atoms with Gasteiger partial charge in [-0.1, -0.05) is 50.5 Å². The molecule has 1 saturated heterocycles. The lowest BCUT2D eigenvalue weighted by molar-refractivity contribution is -0.122. The van der Waals surface area contributed by atoms with Crippen LogP contribution in [0.1, 0.15) is 39.0 Å². The molecule has 2 rings (SSSR count). The molecule has 17 heavy (non-hydrogen) atoms. The van der Waals surface area contributed by atoms with Gasteiger partial charge in [0.25, 0.3) is 0 Å². The first-order valence-corrected chi connectivity index (χ1v) is 6.65. The summed E-state index contributed by atoms with van der Waals surface area (Å²) in [4.78, 5) is 12.1. The first-order chi connectivity index (χ1) is 8.31. The van der Waals surface area contributed by atoms with Gasteiger partial charge in [-0.15, -0.1) is 0 Å². The number of rotatable bonds is 4. The molecule has 92 valence electrons. The van der Waals surface area contributed by atoms with Gasteiger partial charge in [0, 0.05) is 18.2 Å². The first kappa shape index (κ1) is 12.2. The van der Waals surface area contributed by atoms with E-state index in [0.29, 0.717) is 18.2 Å². The molecule has 2 aliphatic rings. The maximum absolute atomic E-state index is 12.1. The maximum atomic E-state index is 12.1. The molecule has 1 N–H and O–H groups in total. The quantitative estimate of drug-likeness (QED) is 0.753. The van der Waals surface area contributed by atoms with Gasteiger partial charge in [-0.05, 0) is 12.5 Å². The van der Waals surface area contributed by atoms with Gasteiger partial charge >= 0.3 is 0 Å². The van der Waals surface area contributed by atoms with Crippen molar-refractivity contribution < 1.29 is 4.79 Å². The summed E-state index contributed by atoms with van der Waals surface area (Å²) in [5.41, 5.74) is 1.08. The van der Waals surface area contributed by atoms with Gasteiger partial charge < -0.3 is 5.32 Å². The molecule has 2 heteroatoms. The predicted octanol–water partition coefficient (Wildman–Crippen LogP) is 3.12. The molecule has 1 aliphatic heterocycles. The van der Waals surface area contributed by atoms with Crippen LogP contribution in [0.25, 0.3) is 0 Å². The highest BCUT2D eigenvalue weighted by atomic mass is 16.1. The van der Waals surface area contributed by atoms with Crippen LogP contribution in [0.2, 0.25) is 0 Å². The lowest BCUT2D eigenvalue weighted by Crippen LogP contribution is -2.41. The number of nitrogens with one attached hydrogen (secondary N) is 1. The second-order valence-electron chi connectivity index (χ2n) is 4.88. The number of ketones is 1. The highest BCUT2D eigenvalue weighted by molar-refractivity contribution is 5.87. The molecular formula is C15H21NO. The van der Waals surface area contributed by atoms with Crippen molar-refractivity contribution in [2.24, 2.45) is 5.92 Å². The van der Waals surface area contributed by atoms with Crippen molar-refractivity contribution in [3.8, 4) is 0 Å². The fourth-order valence-electron chi connectivity index (χ4n) is 2.50. The molecule has 0 bridgehead atoms. The molecule has 0 aromatic rings. The highest BCUT2D eigenvalue weighted by Crippen LogP contribution is 2.24. The minimum Gasteiger partial charge on any atom is -0.384 e. The topological polar surface area (TPSA) is 29.1 Å². The molecule has 2 atom stereocenters. The van der Waals surface area contributed by atoms with Crippen LogP contribution in [0, 0.1) is 5.92 Å². The van der Waals surface area contributed by atoms with Crippen molar-refractivity contribution in [1.29, 1.82) is 0 Å². The van der Waals surface area contributed by atoms with Gasteiger partial charge in [-0.2, -0.15) is 0 Å². The summed E-state index contributed by atoms with van der Waals surface area (Å²) in [6.07, 6.45) is 15.5. The second-order valence-corrected chi connectivity index (χ2v) is 4.88. The van der Waals surface area contributed by atoms with E-state index in [9.17, 15) is 4.79 Å². The normalized spacial score (nSPS) is 27.1. The summed E-state index contributed by atoms with van der Waals surface area (Å²) in [5.74, 6) is 0.323. The molecule has 2 unspecified atom stereocenters. The summed E-state index contributed by atoms with van der Waals surface area (Å²) in [7, 11) is 0. The largest absolute Gasteiger partial charge is 0.384 e. The maximum Gasteiger partial charge on any atom is 0.147 e. The van der Waals surface area contributed by atoms with Gasteiger partial charge in [0.05, 0.1) is 5.92 Å². The number of unbranched alkanes of at least 4 members (excludes halogenated alkanes) is 2. The molecule has 0 saturated carbocycles. The third-order valence-corrected chi connectivity index (χ3v) is 3.46. The standard InChI is InChI=1S/C15H21NO/c1-2-3-5-8-12-11-15(17)13-9-6-4-7-10-14(13)16-12/h4,6-7,9-10,12-13,16H,2-3,5,8,11H2,1H3. The Bertz CT molecular complexity index is 365. The zero-order valence-corrected chi connectivity index (χ0v) is 10.5. The minimum absolute atomic E-state index is 0.0348. The Balaban J connectivity index is 1.98. The zero-order chi connectivity index (χ0) is 12.1. The Morgan fingerprint density at radius 2 is 2.18 bits per heavy atom. The average molecular weight is 231 g/mol. The number of fused-ring (bicyclic) bond motifs is 1. The van der Waals surface area contributed by atoms with Crippen LogP contribution in [0.3, 0.4) is 0 Å². The Morgan fingerprint density at radius 1 is 1.29 bits per heavy atom. The Kier molecular flexibility index (Phi) is 4.18. The van der Waals surface area contributed by atoms with Crippen molar-refractivity contribution in [2.45, 2.75) is 45.1 Å². The highest BCUT2D eigenvalue weighted by Gasteiger charge is 2.29. The molecule has 0 aromatic heterocycles. The number of piperidine rings is 1. The molecule has 0 aromatic carbocycles. The fourth-order valence-corrected chi connectivity index (χ4v) is 2.50. The molecule has 0 spiro atoms. The zero-order valence-electron chi connectivity index (χ0n) is 10.5. The van der Waals surface area contributed by atoms with Crippen molar-refractivity contribution >= 4 is 5.78 Å². The van der Waals surface area contributed by atoms with Gasteiger partial charge in [-0.25, -0.2) is 0 Å². The SMILES string of the molecule is CCCCCC1CC(=O)C2C=CC=CC=C2N1. The van der Waals surface area contributed by atoms with Crippen molar-refractivity contribution in [3.63, 3.8) is 0 Å². The second kappa shape index (κ2) is 5.85. The summed E-state index contributed by atoms with van der Waals surface area (Å²) < 4.78 is 0. The molecule has 0 amide bonds. The lowest BCUT2D eigenvalue weighted by atomic mass is 9.88. The number of Topliss-reactive ketones (excluding diaryl/α,β-unsaturated/α-hetero) is 1. The summed E-state index contributed by atoms with van der Waals surface area (Å²) in [6.45, 7) is 2.21. The van der Waals surface area contributed by atoms with E-state index in [2.05, 4.69) is 12.2 Å². The van der Waals surface area contributed by atoms with E-state index in [1.165, 1.54) is 19.3 Å². The van der Waals surface area contributed by atoms with E-state index < -0.39 is 0 Å². The van der Waals surface area contributed by atoms with Crippen molar-refractivity contribution in [1.82, 2.24) is 5.32 Å². The fraction of sp³-hybridized carbons (Fsp3) is 0.533. The van der Waals surface area contributed by atoms with Crippen molar-refractivity contribution in [3.05, 3.63) is 36.1 Å². The third-order valence-electron chi connectivity index (χ3n) is 3.46. The van der Waals surface area contributed by atoms with Crippen LogP contribution in [-0.4, -0.2) is 11.8 Å². The number of carbonyl (C=O) groups excluding carboxylic acids is 1.